The molecule has 0 aliphatic heterocycles. The fraction of sp³-hybridized carbons (Fsp3) is 0.176. The maximum absolute atomic E-state index is 11.6. The van der Waals surface area contributed by atoms with Crippen LogP contribution in [0.15, 0.2) is 54.6 Å². The first kappa shape index (κ1) is 16.4. The number of aliphatic carboxylic acids is 1. The molecule has 0 radical (unpaired) electrons. The number of carbonyl (C=O) groups is 2. The highest BCUT2D eigenvalue weighted by molar-refractivity contribution is 5.95. The highest BCUT2D eigenvalue weighted by Gasteiger charge is 2.07. The minimum absolute atomic E-state index is 0.374. The Bertz CT molecular complexity index is 640. The Balaban J connectivity index is 1.74. The highest BCUT2D eigenvalue weighted by Crippen LogP contribution is 2.13. The quantitative estimate of drug-likeness (QED) is 0.727. The van der Waals surface area contributed by atoms with E-state index < -0.39 is 18.4 Å². The van der Waals surface area contributed by atoms with Gasteiger partial charge >= 0.3 is 5.97 Å². The fourth-order valence-corrected chi connectivity index (χ4v) is 1.80. The van der Waals surface area contributed by atoms with Crippen LogP contribution in [-0.2, 0) is 4.79 Å². The number of carboxylic acids is 1. The van der Waals surface area contributed by atoms with Gasteiger partial charge in [0.25, 0.3) is 5.91 Å². The van der Waals surface area contributed by atoms with Gasteiger partial charge in [-0.3, -0.25) is 9.59 Å². The Labute approximate surface area is 133 Å². The van der Waals surface area contributed by atoms with Crippen molar-refractivity contribution in [1.29, 1.82) is 0 Å². The van der Waals surface area contributed by atoms with Crippen LogP contribution in [0.3, 0.4) is 0 Å². The van der Waals surface area contributed by atoms with Crippen LogP contribution in [-0.4, -0.2) is 36.7 Å². The van der Waals surface area contributed by atoms with E-state index in [2.05, 4.69) is 5.32 Å². The summed E-state index contributed by atoms with van der Waals surface area (Å²) in [6, 6.07) is 15.9. The van der Waals surface area contributed by atoms with Crippen LogP contribution in [0.5, 0.6) is 11.5 Å². The first-order valence-electron chi connectivity index (χ1n) is 7.06. The lowest BCUT2D eigenvalue weighted by molar-refractivity contribution is -0.135. The molecule has 2 aromatic rings. The molecule has 0 aliphatic rings. The van der Waals surface area contributed by atoms with Crippen LogP contribution in [0.25, 0.3) is 0 Å². The van der Waals surface area contributed by atoms with Crippen LogP contribution < -0.4 is 14.8 Å². The molecular formula is C17H17NO5. The van der Waals surface area contributed by atoms with Crippen LogP contribution in [0.2, 0.25) is 0 Å². The van der Waals surface area contributed by atoms with Gasteiger partial charge in [-0.05, 0) is 36.4 Å². The smallest absolute Gasteiger partial charge is 0.322 e. The Hall–Kier alpha value is -3.02. The highest BCUT2D eigenvalue weighted by atomic mass is 16.5. The van der Waals surface area contributed by atoms with Gasteiger partial charge in [0.15, 0.2) is 0 Å². The van der Waals surface area contributed by atoms with Gasteiger partial charge in [-0.15, -0.1) is 0 Å². The number of ether oxygens (including phenoxy) is 2. The van der Waals surface area contributed by atoms with Gasteiger partial charge in [-0.25, -0.2) is 0 Å². The van der Waals surface area contributed by atoms with Crippen molar-refractivity contribution in [2.45, 2.75) is 0 Å². The van der Waals surface area contributed by atoms with E-state index in [0.717, 1.165) is 5.75 Å². The maximum Gasteiger partial charge on any atom is 0.322 e. The Kier molecular flexibility index (Phi) is 5.99. The zero-order chi connectivity index (χ0) is 16.5. The monoisotopic (exact) mass is 315 g/mol. The molecule has 0 saturated heterocycles. The fourth-order valence-electron chi connectivity index (χ4n) is 1.80. The molecule has 23 heavy (non-hydrogen) atoms. The predicted octanol–water partition coefficient (Wildman–Crippen LogP) is 1.96. The van der Waals surface area contributed by atoms with E-state index in [1.54, 1.807) is 24.3 Å². The lowest BCUT2D eigenvalue weighted by Gasteiger charge is -2.09. The molecule has 0 spiro atoms. The van der Waals surface area contributed by atoms with Gasteiger partial charge in [-0.1, -0.05) is 18.2 Å². The minimum atomic E-state index is -1.09. The second kappa shape index (κ2) is 8.43. The van der Waals surface area contributed by atoms with Crippen molar-refractivity contribution in [1.82, 2.24) is 5.32 Å². The Morgan fingerprint density at radius 2 is 1.43 bits per heavy atom. The number of carbonyl (C=O) groups excluding carboxylic acids is 1. The molecule has 0 atom stereocenters. The summed E-state index contributed by atoms with van der Waals surface area (Å²) >= 11 is 0. The van der Waals surface area contributed by atoms with Crippen LogP contribution in [0.1, 0.15) is 10.4 Å². The summed E-state index contributed by atoms with van der Waals surface area (Å²) in [4.78, 5) is 22.0. The third-order valence-corrected chi connectivity index (χ3v) is 2.88. The van der Waals surface area contributed by atoms with E-state index in [4.69, 9.17) is 14.6 Å². The molecule has 120 valence electrons. The Morgan fingerprint density at radius 1 is 0.870 bits per heavy atom. The predicted molar refractivity (Wildman–Crippen MR) is 83.8 cm³/mol. The van der Waals surface area contributed by atoms with Crippen molar-refractivity contribution < 1.29 is 24.2 Å². The number of rotatable bonds is 8. The van der Waals surface area contributed by atoms with Gasteiger partial charge in [0.05, 0.1) is 0 Å². The third-order valence-electron chi connectivity index (χ3n) is 2.88. The molecule has 0 saturated carbocycles. The van der Waals surface area contributed by atoms with Crippen LogP contribution in [0.4, 0.5) is 0 Å². The summed E-state index contributed by atoms with van der Waals surface area (Å²) in [5.41, 5.74) is 0.374. The Morgan fingerprint density at radius 3 is 2.00 bits per heavy atom. The third kappa shape index (κ3) is 5.70. The number of nitrogens with one attached hydrogen (secondary N) is 1. The summed E-state index contributed by atoms with van der Waals surface area (Å²) in [6.07, 6.45) is 0. The first-order chi connectivity index (χ1) is 11.1. The van der Waals surface area contributed by atoms with Crippen LogP contribution in [0, 0.1) is 0 Å². The molecule has 0 fully saturated rings. The van der Waals surface area contributed by atoms with Crippen molar-refractivity contribution in [3.05, 3.63) is 60.2 Å². The van der Waals surface area contributed by atoms with E-state index in [-0.39, 0.29) is 0 Å². The molecule has 2 aromatic carbocycles. The average Bonchev–Trinajstić information content (AvgIpc) is 2.58. The number of amides is 1. The molecule has 1 amide bonds. The van der Waals surface area contributed by atoms with Gasteiger partial charge < -0.3 is 19.9 Å². The number of carboxylic acid groups (broad SMARTS) is 1. The topological polar surface area (TPSA) is 84.9 Å². The SMILES string of the molecule is O=C(O)CNC(=O)c1ccc(OCCOc2ccccc2)cc1. The maximum atomic E-state index is 11.6. The van der Waals surface area contributed by atoms with E-state index in [9.17, 15) is 9.59 Å². The molecule has 0 heterocycles. The normalized spacial score (nSPS) is 9.91. The molecule has 0 unspecified atom stereocenters. The van der Waals surface area contributed by atoms with Crippen molar-refractivity contribution in [3.8, 4) is 11.5 Å². The molecule has 2 N–H and O–H groups in total. The average molecular weight is 315 g/mol. The minimum Gasteiger partial charge on any atom is -0.490 e. The lowest BCUT2D eigenvalue weighted by atomic mass is 10.2. The van der Waals surface area contributed by atoms with Gasteiger partial charge in [0.2, 0.25) is 0 Å². The van der Waals surface area contributed by atoms with Crippen molar-refractivity contribution in [3.63, 3.8) is 0 Å². The summed E-state index contributed by atoms with van der Waals surface area (Å²) in [5, 5.41) is 10.8. The summed E-state index contributed by atoms with van der Waals surface area (Å²) in [6.45, 7) is 0.373. The van der Waals surface area contributed by atoms with E-state index in [1.165, 1.54) is 0 Å². The number of para-hydroxylation sites is 1. The summed E-state index contributed by atoms with van der Waals surface area (Å²) in [5.74, 6) is -0.138. The largest absolute Gasteiger partial charge is 0.490 e. The molecule has 6 nitrogen and oxygen atoms in total. The molecule has 0 aromatic heterocycles. The second-order valence-electron chi connectivity index (χ2n) is 4.61. The van der Waals surface area contributed by atoms with E-state index >= 15 is 0 Å². The van der Waals surface area contributed by atoms with Crippen molar-refractivity contribution in [2.24, 2.45) is 0 Å². The zero-order valence-electron chi connectivity index (χ0n) is 12.4. The standard InChI is InChI=1S/C17H17NO5/c19-16(20)12-18-17(21)13-6-8-15(9-7-13)23-11-10-22-14-4-2-1-3-5-14/h1-9H,10-12H2,(H,18,21)(H,19,20). The molecule has 6 heteroatoms. The van der Waals surface area contributed by atoms with Crippen molar-refractivity contribution in [2.75, 3.05) is 19.8 Å². The number of hydrogen-bond donors (Lipinski definition) is 2. The summed E-state index contributed by atoms with van der Waals surface area (Å²) < 4.78 is 11.0. The molecule has 2 rings (SSSR count). The van der Waals surface area contributed by atoms with Crippen molar-refractivity contribution >= 4 is 11.9 Å². The molecule has 0 bridgehead atoms. The summed E-state index contributed by atoms with van der Waals surface area (Å²) in [7, 11) is 0. The molecule has 0 aliphatic carbocycles. The number of hydrogen-bond acceptors (Lipinski definition) is 4. The second-order valence-corrected chi connectivity index (χ2v) is 4.61. The lowest BCUT2D eigenvalue weighted by Crippen LogP contribution is -2.29. The molecular weight excluding hydrogens is 298 g/mol. The van der Waals surface area contributed by atoms with Gasteiger partial charge in [0, 0.05) is 5.56 Å². The first-order valence-corrected chi connectivity index (χ1v) is 7.06. The number of benzene rings is 2. The van der Waals surface area contributed by atoms with Gasteiger partial charge in [-0.2, -0.15) is 0 Å². The zero-order valence-corrected chi connectivity index (χ0v) is 12.4. The van der Waals surface area contributed by atoms with Gasteiger partial charge in [0.1, 0.15) is 31.3 Å². The van der Waals surface area contributed by atoms with E-state index in [1.807, 2.05) is 30.3 Å². The van der Waals surface area contributed by atoms with E-state index in [0.29, 0.717) is 24.5 Å². The van der Waals surface area contributed by atoms with Crippen LogP contribution >= 0.6 is 0 Å².